The van der Waals surface area contributed by atoms with Crippen molar-refractivity contribution in [1.29, 1.82) is 0 Å². The molecular weight excluding hydrogens is 417 g/mol. The van der Waals surface area contributed by atoms with Gasteiger partial charge in [-0.05, 0) is 12.1 Å². The molecule has 1 heterocycles. The summed E-state index contributed by atoms with van der Waals surface area (Å²) in [7, 11) is 1.56. The summed E-state index contributed by atoms with van der Waals surface area (Å²) in [6, 6.07) is 12.2. The number of halogens is 3. The van der Waals surface area contributed by atoms with Crippen molar-refractivity contribution in [1.82, 2.24) is 14.0 Å². The first-order valence-corrected chi connectivity index (χ1v) is 9.29. The maximum absolute atomic E-state index is 13.1. The number of nitro benzene ring substituents is 1. The molecule has 3 rings (SSSR count). The summed E-state index contributed by atoms with van der Waals surface area (Å²) in [4.78, 5) is 36.1. The van der Waals surface area contributed by atoms with Crippen LogP contribution < -0.4 is 5.69 Å². The average molecular weight is 436 g/mol. The molecular formula is C20H19F3N4O4. The van der Waals surface area contributed by atoms with Gasteiger partial charge in [0.05, 0.1) is 22.5 Å². The van der Waals surface area contributed by atoms with E-state index in [1.807, 2.05) is 0 Å². The summed E-state index contributed by atoms with van der Waals surface area (Å²) in [6.07, 6.45) is -5.06. The molecule has 31 heavy (non-hydrogen) atoms. The molecule has 1 aromatic heterocycles. The number of imidazole rings is 1. The summed E-state index contributed by atoms with van der Waals surface area (Å²) in [5, 5.41) is 11.2. The zero-order chi connectivity index (χ0) is 22.8. The number of nitro groups is 1. The van der Waals surface area contributed by atoms with Crippen LogP contribution in [0.5, 0.6) is 0 Å². The molecule has 2 aromatic carbocycles. The third-order valence-corrected chi connectivity index (χ3v) is 4.87. The van der Waals surface area contributed by atoms with Gasteiger partial charge in [-0.25, -0.2) is 4.79 Å². The van der Waals surface area contributed by atoms with E-state index in [1.54, 1.807) is 31.3 Å². The maximum atomic E-state index is 13.1. The number of benzene rings is 2. The van der Waals surface area contributed by atoms with Crippen LogP contribution in [0.3, 0.4) is 0 Å². The number of carbonyl (C=O) groups is 1. The Morgan fingerprint density at radius 3 is 2.35 bits per heavy atom. The minimum absolute atomic E-state index is 0.00701. The second kappa shape index (κ2) is 8.62. The molecule has 0 spiro atoms. The Bertz CT molecular complexity index is 1180. The van der Waals surface area contributed by atoms with Crippen LogP contribution in [0.15, 0.2) is 53.3 Å². The Hall–Kier alpha value is -3.63. The van der Waals surface area contributed by atoms with Crippen molar-refractivity contribution < 1.29 is 22.9 Å². The molecule has 0 bridgehead atoms. The Labute approximate surface area is 174 Å². The van der Waals surface area contributed by atoms with E-state index in [2.05, 4.69) is 0 Å². The van der Waals surface area contributed by atoms with Crippen LogP contribution in [-0.4, -0.2) is 37.6 Å². The van der Waals surface area contributed by atoms with Crippen molar-refractivity contribution in [2.24, 2.45) is 7.05 Å². The van der Waals surface area contributed by atoms with Crippen LogP contribution in [-0.2, 0) is 24.9 Å². The lowest BCUT2D eigenvalue weighted by molar-refractivity contribution is -0.385. The third-order valence-electron chi connectivity index (χ3n) is 4.87. The number of fused-ring (bicyclic) bond motifs is 1. The van der Waals surface area contributed by atoms with Gasteiger partial charge in [0, 0.05) is 31.6 Å². The molecule has 0 fully saturated rings. The van der Waals surface area contributed by atoms with E-state index in [0.717, 1.165) is 0 Å². The molecule has 0 saturated carbocycles. The van der Waals surface area contributed by atoms with Gasteiger partial charge in [0.1, 0.15) is 6.54 Å². The van der Waals surface area contributed by atoms with Crippen molar-refractivity contribution in [2.75, 3.05) is 6.54 Å². The van der Waals surface area contributed by atoms with Crippen LogP contribution >= 0.6 is 0 Å². The minimum atomic E-state index is -4.69. The smallest absolute Gasteiger partial charge is 0.329 e. The number of amides is 1. The molecule has 3 aromatic rings. The van der Waals surface area contributed by atoms with E-state index in [0.29, 0.717) is 15.9 Å². The molecule has 11 heteroatoms. The van der Waals surface area contributed by atoms with Crippen LogP contribution in [0.4, 0.5) is 18.9 Å². The highest BCUT2D eigenvalue weighted by Crippen LogP contribution is 2.23. The lowest BCUT2D eigenvalue weighted by atomic mass is 10.1. The van der Waals surface area contributed by atoms with Crippen LogP contribution in [0, 0.1) is 10.1 Å². The molecule has 8 nitrogen and oxygen atoms in total. The SMILES string of the molecule is Cn1c(=O)n(CCC(=O)N(Cc2ccccc2[N+](=O)[O-])CC(F)(F)F)c2ccccc21. The quantitative estimate of drug-likeness (QED) is 0.420. The monoisotopic (exact) mass is 436 g/mol. The van der Waals surface area contributed by atoms with E-state index >= 15 is 0 Å². The molecule has 0 aliphatic rings. The van der Waals surface area contributed by atoms with E-state index in [-0.39, 0.29) is 24.2 Å². The van der Waals surface area contributed by atoms with Gasteiger partial charge < -0.3 is 4.90 Å². The topological polar surface area (TPSA) is 90.4 Å². The number of nitrogens with zero attached hydrogens (tertiary/aromatic N) is 4. The molecule has 0 aliphatic heterocycles. The summed E-state index contributed by atoms with van der Waals surface area (Å²) < 4.78 is 42.0. The van der Waals surface area contributed by atoms with Gasteiger partial charge in [0.2, 0.25) is 5.91 Å². The Balaban J connectivity index is 1.84. The Morgan fingerprint density at radius 1 is 1.10 bits per heavy atom. The molecule has 0 atom stereocenters. The zero-order valence-electron chi connectivity index (χ0n) is 16.5. The number of para-hydroxylation sites is 3. The van der Waals surface area contributed by atoms with Crippen LogP contribution in [0.2, 0.25) is 0 Å². The third kappa shape index (κ3) is 4.93. The molecule has 0 radical (unpaired) electrons. The highest BCUT2D eigenvalue weighted by atomic mass is 19.4. The van der Waals surface area contributed by atoms with Gasteiger partial charge in [0.25, 0.3) is 5.69 Å². The predicted molar refractivity (Wildman–Crippen MR) is 106 cm³/mol. The number of alkyl halides is 3. The number of aromatic nitrogens is 2. The first-order valence-electron chi connectivity index (χ1n) is 9.29. The normalized spacial score (nSPS) is 11.6. The first-order chi connectivity index (χ1) is 14.6. The van der Waals surface area contributed by atoms with E-state index < -0.39 is 35.8 Å². The zero-order valence-corrected chi connectivity index (χ0v) is 16.5. The van der Waals surface area contributed by atoms with Gasteiger partial charge in [-0.2, -0.15) is 13.2 Å². The van der Waals surface area contributed by atoms with E-state index in [1.165, 1.54) is 33.4 Å². The summed E-state index contributed by atoms with van der Waals surface area (Å²) in [5.74, 6) is -0.865. The van der Waals surface area contributed by atoms with E-state index in [4.69, 9.17) is 0 Å². The predicted octanol–water partition coefficient (Wildman–Crippen LogP) is 3.23. The van der Waals surface area contributed by atoms with Gasteiger partial charge in [0.15, 0.2) is 0 Å². The van der Waals surface area contributed by atoms with E-state index in [9.17, 15) is 32.9 Å². The van der Waals surface area contributed by atoms with Crippen molar-refractivity contribution in [3.8, 4) is 0 Å². The maximum Gasteiger partial charge on any atom is 0.406 e. The lowest BCUT2D eigenvalue weighted by Gasteiger charge is -2.24. The summed E-state index contributed by atoms with van der Waals surface area (Å²) >= 11 is 0. The summed E-state index contributed by atoms with van der Waals surface area (Å²) in [5.41, 5.74) is 0.422. The largest absolute Gasteiger partial charge is 0.406 e. The fourth-order valence-electron chi connectivity index (χ4n) is 3.42. The molecule has 1 amide bonds. The lowest BCUT2D eigenvalue weighted by Crippen LogP contribution is -2.39. The number of rotatable bonds is 7. The first kappa shape index (κ1) is 22.1. The Morgan fingerprint density at radius 2 is 1.71 bits per heavy atom. The molecule has 0 aliphatic carbocycles. The van der Waals surface area contributed by atoms with Gasteiger partial charge in [-0.3, -0.25) is 24.0 Å². The fraction of sp³-hybridized carbons (Fsp3) is 0.300. The second-order valence-electron chi connectivity index (χ2n) is 6.98. The molecule has 0 N–H and O–H groups in total. The van der Waals surface area contributed by atoms with Crippen molar-refractivity contribution in [2.45, 2.75) is 25.7 Å². The van der Waals surface area contributed by atoms with Crippen molar-refractivity contribution in [3.63, 3.8) is 0 Å². The Kier molecular flexibility index (Phi) is 6.14. The van der Waals surface area contributed by atoms with Gasteiger partial charge in [-0.1, -0.05) is 30.3 Å². The number of hydrogen-bond donors (Lipinski definition) is 0. The molecule has 0 saturated heterocycles. The molecule has 0 unspecified atom stereocenters. The second-order valence-corrected chi connectivity index (χ2v) is 6.98. The van der Waals surface area contributed by atoms with Crippen LogP contribution in [0.25, 0.3) is 11.0 Å². The highest BCUT2D eigenvalue weighted by molar-refractivity contribution is 5.78. The number of aryl methyl sites for hydroxylation is 2. The summed E-state index contributed by atoms with van der Waals surface area (Å²) in [6.45, 7) is -2.24. The van der Waals surface area contributed by atoms with Crippen molar-refractivity contribution >= 4 is 22.6 Å². The van der Waals surface area contributed by atoms with Crippen molar-refractivity contribution in [3.05, 3.63) is 74.7 Å². The highest BCUT2D eigenvalue weighted by Gasteiger charge is 2.34. The van der Waals surface area contributed by atoms with Crippen LogP contribution in [0.1, 0.15) is 12.0 Å². The average Bonchev–Trinajstić information content (AvgIpc) is 2.95. The van der Waals surface area contributed by atoms with Gasteiger partial charge in [-0.15, -0.1) is 0 Å². The number of hydrogen-bond acceptors (Lipinski definition) is 4. The fourth-order valence-corrected chi connectivity index (χ4v) is 3.42. The standard InChI is InChI=1S/C20H19F3N4O4/c1-24-16-8-4-5-9-17(16)26(19(24)29)11-10-18(28)25(13-20(21,22)23)12-14-6-2-3-7-15(14)27(30)31/h2-9H,10-13H2,1H3. The molecule has 164 valence electrons. The minimum Gasteiger partial charge on any atom is -0.329 e. The number of carbonyl (C=O) groups excluding carboxylic acids is 1. The van der Waals surface area contributed by atoms with Gasteiger partial charge >= 0.3 is 11.9 Å².